The van der Waals surface area contributed by atoms with Crippen molar-refractivity contribution in [3.63, 3.8) is 0 Å². The van der Waals surface area contributed by atoms with E-state index in [4.69, 9.17) is 4.74 Å². The first-order chi connectivity index (χ1) is 13.3. The van der Waals surface area contributed by atoms with Gasteiger partial charge in [-0.05, 0) is 100 Å². The van der Waals surface area contributed by atoms with Gasteiger partial charge in [0.05, 0.1) is 6.10 Å². The Morgan fingerprint density at radius 1 is 0.741 bits per heavy atom. The summed E-state index contributed by atoms with van der Waals surface area (Å²) in [6.07, 6.45) is 25.7. The number of rotatable bonds is 9. The molecule has 0 amide bonds. The van der Waals surface area contributed by atoms with Crippen LogP contribution in [0.2, 0.25) is 0 Å². The van der Waals surface area contributed by atoms with Crippen LogP contribution in [-0.4, -0.2) is 12.7 Å². The predicted octanol–water partition coefficient (Wildman–Crippen LogP) is 7.94. The Kier molecular flexibility index (Phi) is 9.23. The molecule has 0 aromatic heterocycles. The Hall–Kier alpha value is -0.300. The topological polar surface area (TPSA) is 9.23 Å². The lowest BCUT2D eigenvalue weighted by Crippen LogP contribution is -2.28. The molecule has 1 heterocycles. The Bertz CT molecular complexity index is 392. The minimum Gasteiger partial charge on any atom is -0.378 e. The Labute approximate surface area is 169 Å². The summed E-state index contributed by atoms with van der Waals surface area (Å²) in [6, 6.07) is 0. The van der Waals surface area contributed by atoms with Crippen molar-refractivity contribution in [2.75, 3.05) is 6.61 Å². The van der Waals surface area contributed by atoms with Crippen molar-refractivity contribution in [3.8, 4) is 0 Å². The molecule has 0 aromatic rings. The maximum atomic E-state index is 6.24. The summed E-state index contributed by atoms with van der Waals surface area (Å²) in [4.78, 5) is 0. The number of allylic oxidation sites excluding steroid dienone is 1. The van der Waals surface area contributed by atoms with Crippen LogP contribution in [0, 0.1) is 29.6 Å². The highest BCUT2D eigenvalue weighted by Crippen LogP contribution is 2.42. The van der Waals surface area contributed by atoms with Crippen molar-refractivity contribution in [2.45, 2.75) is 116 Å². The first kappa shape index (κ1) is 21.4. The molecule has 0 spiro atoms. The predicted molar refractivity (Wildman–Crippen MR) is 117 cm³/mol. The lowest BCUT2D eigenvalue weighted by atomic mass is 9.68. The van der Waals surface area contributed by atoms with Crippen LogP contribution in [-0.2, 0) is 4.74 Å². The molecule has 1 aliphatic heterocycles. The van der Waals surface area contributed by atoms with Gasteiger partial charge in [-0.2, -0.15) is 0 Å². The lowest BCUT2D eigenvalue weighted by Gasteiger charge is -2.38. The second kappa shape index (κ2) is 11.6. The quantitative estimate of drug-likeness (QED) is 0.294. The molecule has 0 aromatic carbocycles. The van der Waals surface area contributed by atoms with Crippen LogP contribution in [0.1, 0.15) is 110 Å². The maximum Gasteiger partial charge on any atom is 0.0575 e. The fraction of sp³-hybridized carbons (Fsp3) is 0.923. The van der Waals surface area contributed by atoms with Gasteiger partial charge < -0.3 is 4.74 Å². The van der Waals surface area contributed by atoms with Gasteiger partial charge in [-0.3, -0.25) is 0 Å². The van der Waals surface area contributed by atoms with Gasteiger partial charge >= 0.3 is 0 Å². The average Bonchev–Trinajstić information content (AvgIpc) is 2.74. The van der Waals surface area contributed by atoms with Gasteiger partial charge in [-0.15, -0.1) is 6.58 Å². The molecule has 3 rings (SSSR count). The molecule has 2 unspecified atom stereocenters. The van der Waals surface area contributed by atoms with E-state index in [-0.39, 0.29) is 0 Å². The third-order valence-corrected chi connectivity index (χ3v) is 8.29. The number of hydrogen-bond donors (Lipinski definition) is 0. The monoisotopic (exact) mass is 374 g/mol. The van der Waals surface area contributed by atoms with Crippen LogP contribution in [0.3, 0.4) is 0 Å². The highest BCUT2D eigenvalue weighted by atomic mass is 16.5. The van der Waals surface area contributed by atoms with Crippen LogP contribution in [0.25, 0.3) is 0 Å². The molecule has 1 saturated heterocycles. The van der Waals surface area contributed by atoms with Crippen molar-refractivity contribution < 1.29 is 4.74 Å². The fourth-order valence-electron chi connectivity index (χ4n) is 6.22. The Morgan fingerprint density at radius 3 is 2.00 bits per heavy atom. The van der Waals surface area contributed by atoms with Gasteiger partial charge in [-0.25, -0.2) is 0 Å². The van der Waals surface area contributed by atoms with E-state index in [9.17, 15) is 0 Å². The summed E-state index contributed by atoms with van der Waals surface area (Å²) in [5.41, 5.74) is 0. The lowest BCUT2D eigenvalue weighted by molar-refractivity contribution is -0.0261. The summed E-state index contributed by atoms with van der Waals surface area (Å²) in [5.74, 6) is 4.76. The summed E-state index contributed by atoms with van der Waals surface area (Å²) in [5, 5.41) is 0. The van der Waals surface area contributed by atoms with Crippen molar-refractivity contribution in [1.29, 1.82) is 0 Å². The molecular weight excluding hydrogens is 328 g/mol. The van der Waals surface area contributed by atoms with Crippen LogP contribution in [0.15, 0.2) is 12.7 Å². The molecule has 156 valence electrons. The van der Waals surface area contributed by atoms with Crippen LogP contribution < -0.4 is 0 Å². The molecule has 3 fully saturated rings. The molecular formula is C26H46O. The van der Waals surface area contributed by atoms with E-state index in [2.05, 4.69) is 19.6 Å². The first-order valence-corrected chi connectivity index (χ1v) is 12.5. The van der Waals surface area contributed by atoms with Crippen molar-refractivity contribution >= 4 is 0 Å². The molecule has 2 saturated carbocycles. The van der Waals surface area contributed by atoms with Gasteiger partial charge in [0, 0.05) is 6.61 Å². The van der Waals surface area contributed by atoms with Crippen molar-refractivity contribution in [3.05, 3.63) is 12.7 Å². The second-order valence-electron chi connectivity index (χ2n) is 10.2. The summed E-state index contributed by atoms with van der Waals surface area (Å²) < 4.78 is 6.24. The average molecular weight is 375 g/mol. The smallest absolute Gasteiger partial charge is 0.0575 e. The normalized spacial score (nSPS) is 37.8. The third-order valence-electron chi connectivity index (χ3n) is 8.29. The molecule has 2 atom stereocenters. The first-order valence-electron chi connectivity index (χ1n) is 12.5. The molecule has 1 nitrogen and oxygen atoms in total. The van der Waals surface area contributed by atoms with Crippen LogP contribution in [0.5, 0.6) is 0 Å². The van der Waals surface area contributed by atoms with Gasteiger partial charge in [0.15, 0.2) is 0 Å². The van der Waals surface area contributed by atoms with E-state index in [1.54, 1.807) is 0 Å². The Morgan fingerprint density at radius 2 is 1.41 bits per heavy atom. The molecule has 2 aliphatic carbocycles. The second-order valence-corrected chi connectivity index (χ2v) is 10.2. The number of hydrogen-bond acceptors (Lipinski definition) is 1. The van der Waals surface area contributed by atoms with Gasteiger partial charge in [0.25, 0.3) is 0 Å². The van der Waals surface area contributed by atoms with Crippen LogP contribution in [0.4, 0.5) is 0 Å². The van der Waals surface area contributed by atoms with Crippen LogP contribution >= 0.6 is 0 Å². The largest absolute Gasteiger partial charge is 0.378 e. The highest BCUT2D eigenvalue weighted by molar-refractivity contribution is 4.87. The summed E-state index contributed by atoms with van der Waals surface area (Å²) in [7, 11) is 0. The van der Waals surface area contributed by atoms with Gasteiger partial charge in [-0.1, -0.05) is 45.1 Å². The fourth-order valence-corrected chi connectivity index (χ4v) is 6.22. The maximum absolute atomic E-state index is 6.24. The minimum absolute atomic E-state index is 0.583. The number of ether oxygens (including phenoxy) is 1. The standard InChI is InChI=1S/C26H46O/c1-3-5-6-7-23-13-19-26(27-20-23)18-12-22-10-16-25(17-11-22)24-14-8-21(4-2)9-15-24/h4,21-26H,2-3,5-20H2,1H3. The van der Waals surface area contributed by atoms with E-state index in [1.165, 1.54) is 103 Å². The van der Waals surface area contributed by atoms with Gasteiger partial charge in [0.1, 0.15) is 0 Å². The molecule has 1 heteroatoms. The molecule has 0 bridgehead atoms. The van der Waals surface area contributed by atoms with E-state index >= 15 is 0 Å². The zero-order valence-corrected chi connectivity index (χ0v) is 18.2. The van der Waals surface area contributed by atoms with E-state index in [1.807, 2.05) is 0 Å². The SMILES string of the molecule is C=CC1CCC(C2CCC(CCC3CCC(CCCCC)CO3)CC2)CC1. The Balaban J connectivity index is 1.25. The number of unbranched alkanes of at least 4 members (excludes halogenated alkanes) is 2. The molecule has 27 heavy (non-hydrogen) atoms. The molecule has 0 N–H and O–H groups in total. The zero-order chi connectivity index (χ0) is 18.9. The van der Waals surface area contributed by atoms with E-state index in [0.717, 1.165) is 36.2 Å². The summed E-state index contributed by atoms with van der Waals surface area (Å²) >= 11 is 0. The molecule has 3 aliphatic rings. The highest BCUT2D eigenvalue weighted by Gasteiger charge is 2.30. The van der Waals surface area contributed by atoms with E-state index in [0.29, 0.717) is 6.10 Å². The molecule has 0 radical (unpaired) electrons. The van der Waals surface area contributed by atoms with Crippen molar-refractivity contribution in [1.82, 2.24) is 0 Å². The van der Waals surface area contributed by atoms with E-state index < -0.39 is 0 Å². The van der Waals surface area contributed by atoms with Gasteiger partial charge in [0.2, 0.25) is 0 Å². The summed E-state index contributed by atoms with van der Waals surface area (Å²) in [6.45, 7) is 7.35. The minimum atomic E-state index is 0.583. The third kappa shape index (κ3) is 6.91. The zero-order valence-electron chi connectivity index (χ0n) is 18.2. The van der Waals surface area contributed by atoms with Crippen molar-refractivity contribution in [2.24, 2.45) is 29.6 Å².